The fraction of sp³-hybridized carbons (Fsp3) is 0.263. The van der Waals surface area contributed by atoms with Crippen molar-refractivity contribution in [3.8, 4) is 0 Å². The monoisotopic (exact) mass is 341 g/mol. The van der Waals surface area contributed by atoms with Gasteiger partial charge in [0.15, 0.2) is 11.5 Å². The maximum absolute atomic E-state index is 12.7. The number of Topliss-reactive ketones (excluding diaryl/α,β-unsaturated/α-hetero) is 1. The molecule has 0 fully saturated rings. The highest BCUT2D eigenvalue weighted by molar-refractivity contribution is 7.10. The molecule has 4 nitrogen and oxygen atoms in total. The van der Waals surface area contributed by atoms with Crippen LogP contribution in [-0.4, -0.2) is 16.8 Å². The smallest absolute Gasteiger partial charge is 0.294 e. The number of carbonyl (C=O) groups is 2. The molecular weight excluding hydrogens is 322 g/mol. The molecule has 1 aromatic heterocycles. The van der Waals surface area contributed by atoms with Crippen molar-refractivity contribution in [3.05, 3.63) is 63.6 Å². The van der Waals surface area contributed by atoms with Crippen molar-refractivity contribution in [2.75, 3.05) is 4.90 Å². The number of amides is 1. The third-order valence-electron chi connectivity index (χ3n) is 4.18. The lowest BCUT2D eigenvalue weighted by Crippen LogP contribution is -2.31. The molecule has 1 unspecified atom stereocenters. The number of ketones is 1. The Kier molecular flexibility index (Phi) is 4.28. The molecule has 5 heteroatoms. The number of para-hydroxylation sites is 1. The summed E-state index contributed by atoms with van der Waals surface area (Å²) in [7, 11) is 0. The van der Waals surface area contributed by atoms with E-state index >= 15 is 0 Å². The van der Waals surface area contributed by atoms with Crippen molar-refractivity contribution in [2.24, 2.45) is 5.92 Å². The molecule has 2 aromatic rings. The van der Waals surface area contributed by atoms with Crippen LogP contribution in [0.4, 0.5) is 5.69 Å². The van der Waals surface area contributed by atoms with E-state index in [9.17, 15) is 14.7 Å². The van der Waals surface area contributed by atoms with Gasteiger partial charge in [-0.25, -0.2) is 0 Å². The van der Waals surface area contributed by atoms with E-state index in [0.717, 1.165) is 10.4 Å². The molecule has 24 heavy (non-hydrogen) atoms. The Morgan fingerprint density at radius 2 is 1.88 bits per heavy atom. The first-order valence-corrected chi connectivity index (χ1v) is 8.71. The zero-order chi connectivity index (χ0) is 17.4. The molecule has 2 heterocycles. The van der Waals surface area contributed by atoms with Crippen LogP contribution in [-0.2, 0) is 9.59 Å². The molecule has 124 valence electrons. The topological polar surface area (TPSA) is 57.6 Å². The van der Waals surface area contributed by atoms with Crippen LogP contribution < -0.4 is 4.90 Å². The highest BCUT2D eigenvalue weighted by atomic mass is 32.1. The van der Waals surface area contributed by atoms with Gasteiger partial charge in [-0.2, -0.15) is 0 Å². The van der Waals surface area contributed by atoms with Gasteiger partial charge in [-0.05, 0) is 36.1 Å². The summed E-state index contributed by atoms with van der Waals surface area (Å²) in [6.07, 6.45) is 0. The van der Waals surface area contributed by atoms with E-state index < -0.39 is 17.7 Å². The number of nitrogens with zero attached hydrogens (tertiary/aromatic N) is 1. The summed E-state index contributed by atoms with van der Waals surface area (Å²) in [4.78, 5) is 27.9. The lowest BCUT2D eigenvalue weighted by molar-refractivity contribution is -0.119. The van der Waals surface area contributed by atoms with Crippen LogP contribution in [0, 0.1) is 12.8 Å². The number of hydrogen-bond donors (Lipinski definition) is 1. The zero-order valence-electron chi connectivity index (χ0n) is 13.8. The van der Waals surface area contributed by atoms with Gasteiger partial charge in [0, 0.05) is 16.5 Å². The molecule has 1 amide bonds. The average molecular weight is 341 g/mol. The van der Waals surface area contributed by atoms with Gasteiger partial charge in [-0.3, -0.25) is 14.5 Å². The van der Waals surface area contributed by atoms with E-state index in [4.69, 9.17) is 0 Å². The Balaban J connectivity index is 2.20. The SMILES string of the molecule is Cc1ccsc1C1C(C(=O)C(C)C)=C(O)C(=O)N1c1ccccc1. The predicted molar refractivity (Wildman–Crippen MR) is 95.2 cm³/mol. The second-order valence-corrected chi connectivity index (χ2v) is 7.11. The molecule has 0 aliphatic carbocycles. The van der Waals surface area contributed by atoms with Gasteiger partial charge in [0.05, 0.1) is 5.57 Å². The molecule has 1 aromatic carbocycles. The van der Waals surface area contributed by atoms with Crippen molar-refractivity contribution in [1.29, 1.82) is 0 Å². The third kappa shape index (κ3) is 2.55. The Labute approximate surface area is 145 Å². The first kappa shape index (κ1) is 16.5. The summed E-state index contributed by atoms with van der Waals surface area (Å²) in [6, 6.07) is 10.5. The van der Waals surface area contributed by atoms with Crippen molar-refractivity contribution in [3.63, 3.8) is 0 Å². The molecule has 0 radical (unpaired) electrons. The minimum atomic E-state index is -0.574. The second kappa shape index (κ2) is 6.24. The number of thiophene rings is 1. The van der Waals surface area contributed by atoms with Crippen molar-refractivity contribution in [2.45, 2.75) is 26.8 Å². The fourth-order valence-electron chi connectivity index (χ4n) is 2.94. The number of aliphatic hydroxyl groups is 1. The molecule has 1 aliphatic heterocycles. The quantitative estimate of drug-likeness (QED) is 0.907. The van der Waals surface area contributed by atoms with Crippen molar-refractivity contribution >= 4 is 28.7 Å². The summed E-state index contributed by atoms with van der Waals surface area (Å²) in [5.74, 6) is -1.45. The van der Waals surface area contributed by atoms with Crippen LogP contribution in [0.15, 0.2) is 53.1 Å². The molecule has 0 saturated carbocycles. The van der Waals surface area contributed by atoms with Crippen LogP contribution in [0.3, 0.4) is 0 Å². The van der Waals surface area contributed by atoms with Crippen molar-refractivity contribution in [1.82, 2.24) is 0 Å². The number of anilines is 1. The number of carbonyl (C=O) groups excluding carboxylic acids is 2. The van der Waals surface area contributed by atoms with Crippen LogP contribution in [0.5, 0.6) is 0 Å². The number of hydrogen-bond acceptors (Lipinski definition) is 4. The first-order valence-electron chi connectivity index (χ1n) is 7.83. The van der Waals surface area contributed by atoms with Crippen LogP contribution in [0.2, 0.25) is 0 Å². The molecule has 1 N–H and O–H groups in total. The number of aliphatic hydroxyl groups excluding tert-OH is 1. The summed E-state index contributed by atoms with van der Waals surface area (Å²) in [6.45, 7) is 5.50. The summed E-state index contributed by atoms with van der Waals surface area (Å²) < 4.78 is 0. The van der Waals surface area contributed by atoms with E-state index in [-0.39, 0.29) is 17.3 Å². The minimum absolute atomic E-state index is 0.197. The van der Waals surface area contributed by atoms with Gasteiger partial charge < -0.3 is 5.11 Å². The number of benzene rings is 1. The van der Waals surface area contributed by atoms with Gasteiger partial charge >= 0.3 is 0 Å². The van der Waals surface area contributed by atoms with E-state index in [1.54, 1.807) is 13.8 Å². The van der Waals surface area contributed by atoms with E-state index in [1.807, 2.05) is 48.7 Å². The van der Waals surface area contributed by atoms with Crippen LogP contribution >= 0.6 is 11.3 Å². The maximum atomic E-state index is 12.7. The fourth-order valence-corrected chi connectivity index (χ4v) is 3.96. The van der Waals surface area contributed by atoms with Gasteiger partial charge in [0.25, 0.3) is 5.91 Å². The maximum Gasteiger partial charge on any atom is 0.294 e. The molecular formula is C19H19NO3S. The van der Waals surface area contributed by atoms with E-state index in [1.165, 1.54) is 16.2 Å². The molecule has 0 bridgehead atoms. The lowest BCUT2D eigenvalue weighted by Gasteiger charge is -2.26. The third-order valence-corrected chi connectivity index (χ3v) is 5.25. The summed E-state index contributed by atoms with van der Waals surface area (Å²) >= 11 is 1.49. The summed E-state index contributed by atoms with van der Waals surface area (Å²) in [5.41, 5.74) is 1.87. The van der Waals surface area contributed by atoms with Crippen LogP contribution in [0.25, 0.3) is 0 Å². The molecule has 1 aliphatic rings. The van der Waals surface area contributed by atoms with Gasteiger partial charge in [0.1, 0.15) is 6.04 Å². The Morgan fingerprint density at radius 1 is 1.21 bits per heavy atom. The highest BCUT2D eigenvalue weighted by Crippen LogP contribution is 2.44. The highest BCUT2D eigenvalue weighted by Gasteiger charge is 2.45. The standard InChI is InChI=1S/C19H19NO3S/c1-11(2)16(21)14-15(18-12(3)9-10-24-18)20(19(23)17(14)22)13-7-5-4-6-8-13/h4-11,15,22H,1-3H3. The lowest BCUT2D eigenvalue weighted by atomic mass is 9.93. The molecule has 3 rings (SSSR count). The second-order valence-electron chi connectivity index (χ2n) is 6.16. The van der Waals surface area contributed by atoms with E-state index in [2.05, 4.69) is 0 Å². The van der Waals surface area contributed by atoms with Crippen molar-refractivity contribution < 1.29 is 14.7 Å². The zero-order valence-corrected chi connectivity index (χ0v) is 14.6. The van der Waals surface area contributed by atoms with Gasteiger partial charge in [-0.15, -0.1) is 11.3 Å². The largest absolute Gasteiger partial charge is 0.503 e. The van der Waals surface area contributed by atoms with Gasteiger partial charge in [0.2, 0.25) is 0 Å². The normalized spacial score (nSPS) is 17.9. The van der Waals surface area contributed by atoms with Gasteiger partial charge in [-0.1, -0.05) is 32.0 Å². The average Bonchev–Trinajstić information content (AvgIpc) is 3.09. The number of aryl methyl sites for hydroxylation is 1. The summed E-state index contributed by atoms with van der Waals surface area (Å²) in [5, 5.41) is 12.4. The minimum Gasteiger partial charge on any atom is -0.503 e. The molecule has 1 atom stereocenters. The van der Waals surface area contributed by atoms with E-state index in [0.29, 0.717) is 5.69 Å². The Bertz CT molecular complexity index is 820. The Hall–Kier alpha value is -2.40. The molecule has 0 saturated heterocycles. The number of rotatable bonds is 4. The molecule has 0 spiro atoms. The Morgan fingerprint density at radius 3 is 2.42 bits per heavy atom. The first-order chi connectivity index (χ1) is 11.4. The predicted octanol–water partition coefficient (Wildman–Crippen LogP) is 4.18. The van der Waals surface area contributed by atoms with Crippen LogP contribution in [0.1, 0.15) is 30.3 Å².